The fourth-order valence-electron chi connectivity index (χ4n) is 2.92. The van der Waals surface area contributed by atoms with Gasteiger partial charge in [-0.3, -0.25) is 0 Å². The van der Waals surface area contributed by atoms with Gasteiger partial charge in [0.25, 0.3) is 0 Å². The molecule has 0 bridgehead atoms. The molecule has 0 fully saturated rings. The standard InChI is InChI=1S/C19H21NO3/c1-20-19(21)23-18-12-11-17(15-9-5-6-10-16(15)18)22-13-14-7-3-2-4-8-14/h2-4,7-8,11-12H,5-6,9-10,13H2,1H3,(H,20,21). The van der Waals surface area contributed by atoms with Crippen molar-refractivity contribution < 1.29 is 14.3 Å². The summed E-state index contributed by atoms with van der Waals surface area (Å²) in [5.41, 5.74) is 3.42. The van der Waals surface area contributed by atoms with E-state index < -0.39 is 6.09 Å². The predicted molar refractivity (Wildman–Crippen MR) is 88.9 cm³/mol. The quantitative estimate of drug-likeness (QED) is 0.932. The first-order chi connectivity index (χ1) is 11.3. The molecule has 23 heavy (non-hydrogen) atoms. The lowest BCUT2D eigenvalue weighted by Crippen LogP contribution is -2.23. The van der Waals surface area contributed by atoms with Crippen LogP contribution in [0.2, 0.25) is 0 Å². The Labute approximate surface area is 136 Å². The Hall–Kier alpha value is -2.49. The SMILES string of the molecule is CNC(=O)Oc1ccc(OCc2ccccc2)c2c1CCCC2. The first-order valence-corrected chi connectivity index (χ1v) is 7.99. The molecule has 1 amide bonds. The van der Waals surface area contributed by atoms with Gasteiger partial charge in [-0.15, -0.1) is 0 Å². The molecule has 120 valence electrons. The molecule has 0 heterocycles. The van der Waals surface area contributed by atoms with Crippen LogP contribution in [0.15, 0.2) is 42.5 Å². The van der Waals surface area contributed by atoms with Gasteiger partial charge in [0.15, 0.2) is 0 Å². The van der Waals surface area contributed by atoms with Crippen LogP contribution in [0.3, 0.4) is 0 Å². The monoisotopic (exact) mass is 311 g/mol. The molecule has 4 nitrogen and oxygen atoms in total. The van der Waals surface area contributed by atoms with E-state index in [1.54, 1.807) is 7.05 Å². The van der Waals surface area contributed by atoms with Crippen LogP contribution in [0.5, 0.6) is 11.5 Å². The number of hydrogen-bond acceptors (Lipinski definition) is 3. The molecule has 0 aromatic heterocycles. The molecule has 1 N–H and O–H groups in total. The van der Waals surface area contributed by atoms with E-state index in [4.69, 9.17) is 9.47 Å². The van der Waals surface area contributed by atoms with Gasteiger partial charge in [0.1, 0.15) is 18.1 Å². The highest BCUT2D eigenvalue weighted by molar-refractivity contribution is 5.71. The summed E-state index contributed by atoms with van der Waals surface area (Å²) in [5.74, 6) is 1.54. The maximum atomic E-state index is 11.5. The fraction of sp³-hybridized carbons (Fsp3) is 0.316. The number of benzene rings is 2. The minimum Gasteiger partial charge on any atom is -0.489 e. The summed E-state index contributed by atoms with van der Waals surface area (Å²) in [6.45, 7) is 0.545. The lowest BCUT2D eigenvalue weighted by molar-refractivity contribution is 0.202. The Kier molecular flexibility index (Phi) is 4.81. The van der Waals surface area contributed by atoms with E-state index in [9.17, 15) is 4.79 Å². The molecular weight excluding hydrogens is 290 g/mol. The maximum Gasteiger partial charge on any atom is 0.412 e. The fourth-order valence-corrected chi connectivity index (χ4v) is 2.92. The number of carbonyl (C=O) groups is 1. The second-order valence-electron chi connectivity index (χ2n) is 5.64. The molecule has 0 radical (unpaired) electrons. The van der Waals surface area contributed by atoms with Gasteiger partial charge < -0.3 is 14.8 Å². The Bertz CT molecular complexity index is 683. The normalized spacial score (nSPS) is 13.1. The summed E-state index contributed by atoms with van der Waals surface area (Å²) in [7, 11) is 1.56. The zero-order valence-electron chi connectivity index (χ0n) is 13.3. The summed E-state index contributed by atoms with van der Waals surface area (Å²) in [6, 6.07) is 13.9. The number of amides is 1. The average molecular weight is 311 g/mol. The first kappa shape index (κ1) is 15.4. The van der Waals surface area contributed by atoms with Crippen molar-refractivity contribution in [2.75, 3.05) is 7.05 Å². The molecule has 4 heteroatoms. The van der Waals surface area contributed by atoms with Crippen molar-refractivity contribution in [1.82, 2.24) is 5.32 Å². The van der Waals surface area contributed by atoms with Gasteiger partial charge in [-0.05, 0) is 43.4 Å². The molecule has 0 aliphatic heterocycles. The second-order valence-corrected chi connectivity index (χ2v) is 5.64. The molecule has 2 aromatic carbocycles. The second kappa shape index (κ2) is 7.18. The van der Waals surface area contributed by atoms with Gasteiger partial charge in [0, 0.05) is 18.2 Å². The number of hydrogen-bond donors (Lipinski definition) is 1. The average Bonchev–Trinajstić information content (AvgIpc) is 2.62. The Morgan fingerprint density at radius 1 is 1.00 bits per heavy atom. The van der Waals surface area contributed by atoms with Crippen LogP contribution >= 0.6 is 0 Å². The molecular formula is C19H21NO3. The molecule has 3 rings (SSSR count). The van der Waals surface area contributed by atoms with Crippen LogP contribution in [-0.4, -0.2) is 13.1 Å². The molecule has 0 atom stereocenters. The number of carbonyl (C=O) groups excluding carboxylic acids is 1. The topological polar surface area (TPSA) is 47.6 Å². The van der Waals surface area contributed by atoms with E-state index in [0.29, 0.717) is 12.4 Å². The van der Waals surface area contributed by atoms with E-state index in [1.165, 1.54) is 5.56 Å². The number of fused-ring (bicyclic) bond motifs is 1. The molecule has 0 unspecified atom stereocenters. The van der Waals surface area contributed by atoms with Gasteiger partial charge in [-0.2, -0.15) is 0 Å². The van der Waals surface area contributed by atoms with E-state index in [2.05, 4.69) is 17.4 Å². The highest BCUT2D eigenvalue weighted by Crippen LogP contribution is 2.36. The maximum absolute atomic E-state index is 11.5. The van der Waals surface area contributed by atoms with Crippen molar-refractivity contribution in [2.45, 2.75) is 32.3 Å². The first-order valence-electron chi connectivity index (χ1n) is 7.99. The Morgan fingerprint density at radius 3 is 2.35 bits per heavy atom. The van der Waals surface area contributed by atoms with Crippen molar-refractivity contribution in [3.8, 4) is 11.5 Å². The summed E-state index contributed by atoms with van der Waals surface area (Å²) in [5, 5.41) is 2.49. The summed E-state index contributed by atoms with van der Waals surface area (Å²) < 4.78 is 11.4. The molecule has 0 spiro atoms. The largest absolute Gasteiger partial charge is 0.489 e. The highest BCUT2D eigenvalue weighted by Gasteiger charge is 2.20. The van der Waals surface area contributed by atoms with Crippen molar-refractivity contribution >= 4 is 6.09 Å². The zero-order chi connectivity index (χ0) is 16.1. The van der Waals surface area contributed by atoms with Crippen LogP contribution in [-0.2, 0) is 19.4 Å². The van der Waals surface area contributed by atoms with Gasteiger partial charge in [0.2, 0.25) is 0 Å². The van der Waals surface area contributed by atoms with Crippen LogP contribution in [0.1, 0.15) is 29.5 Å². The Morgan fingerprint density at radius 2 is 1.65 bits per heavy atom. The van der Waals surface area contributed by atoms with E-state index >= 15 is 0 Å². The van der Waals surface area contributed by atoms with Crippen molar-refractivity contribution in [3.63, 3.8) is 0 Å². The van der Waals surface area contributed by atoms with Gasteiger partial charge >= 0.3 is 6.09 Å². The van der Waals surface area contributed by atoms with Gasteiger partial charge in [-0.1, -0.05) is 30.3 Å². The third-order valence-electron chi connectivity index (χ3n) is 4.09. The minimum absolute atomic E-state index is 0.435. The van der Waals surface area contributed by atoms with Gasteiger partial charge in [-0.25, -0.2) is 4.79 Å². The van der Waals surface area contributed by atoms with Crippen LogP contribution in [0.25, 0.3) is 0 Å². The smallest absolute Gasteiger partial charge is 0.412 e. The van der Waals surface area contributed by atoms with E-state index in [0.717, 1.165) is 42.6 Å². The lowest BCUT2D eigenvalue weighted by Gasteiger charge is -2.22. The molecule has 0 saturated heterocycles. The van der Waals surface area contributed by atoms with Crippen LogP contribution in [0.4, 0.5) is 4.79 Å². The summed E-state index contributed by atoms with van der Waals surface area (Å²) >= 11 is 0. The number of ether oxygens (including phenoxy) is 2. The van der Waals surface area contributed by atoms with E-state index in [1.807, 2.05) is 30.3 Å². The summed E-state index contributed by atoms with van der Waals surface area (Å²) in [4.78, 5) is 11.5. The van der Waals surface area contributed by atoms with Crippen LogP contribution in [0, 0.1) is 0 Å². The highest BCUT2D eigenvalue weighted by atomic mass is 16.6. The third kappa shape index (κ3) is 3.65. The molecule has 1 aliphatic carbocycles. The van der Waals surface area contributed by atoms with E-state index in [-0.39, 0.29) is 0 Å². The molecule has 1 aliphatic rings. The minimum atomic E-state index is -0.435. The predicted octanol–water partition coefficient (Wildman–Crippen LogP) is 3.86. The third-order valence-corrected chi connectivity index (χ3v) is 4.09. The van der Waals surface area contributed by atoms with Gasteiger partial charge in [0.05, 0.1) is 0 Å². The van der Waals surface area contributed by atoms with Crippen molar-refractivity contribution in [3.05, 3.63) is 59.2 Å². The van der Waals surface area contributed by atoms with Crippen molar-refractivity contribution in [1.29, 1.82) is 0 Å². The van der Waals surface area contributed by atoms with Crippen LogP contribution < -0.4 is 14.8 Å². The Balaban J connectivity index is 1.82. The number of nitrogens with one attached hydrogen (secondary N) is 1. The number of rotatable bonds is 4. The molecule has 0 saturated carbocycles. The zero-order valence-corrected chi connectivity index (χ0v) is 13.3. The molecule has 2 aromatic rings. The summed E-state index contributed by atoms with van der Waals surface area (Å²) in [6.07, 6.45) is 3.70. The van der Waals surface area contributed by atoms with Crippen molar-refractivity contribution in [2.24, 2.45) is 0 Å². The lowest BCUT2D eigenvalue weighted by atomic mass is 9.90.